The zero-order valence-corrected chi connectivity index (χ0v) is 12.3. The highest BCUT2D eigenvalue weighted by molar-refractivity contribution is 5.96. The number of carbonyl (C=O) groups excluding carboxylic acids is 2. The number of carbonyl (C=O) groups is 2. The first-order valence-electron chi connectivity index (χ1n) is 7.38. The molecule has 1 heterocycles. The highest BCUT2D eigenvalue weighted by Gasteiger charge is 2.29. The molecule has 1 aromatic carbocycles. The molecule has 0 radical (unpaired) electrons. The Balaban J connectivity index is 1.85. The number of benzene rings is 1. The van der Waals surface area contributed by atoms with E-state index in [2.05, 4.69) is 5.32 Å². The minimum atomic E-state index is -0.415. The van der Waals surface area contributed by atoms with E-state index in [0.717, 1.165) is 12.8 Å². The summed E-state index contributed by atoms with van der Waals surface area (Å²) in [7, 11) is 0. The van der Waals surface area contributed by atoms with Gasteiger partial charge in [-0.1, -0.05) is 18.2 Å². The number of aliphatic hydroxyl groups excluding tert-OH is 1. The van der Waals surface area contributed by atoms with Crippen LogP contribution in [0.15, 0.2) is 30.3 Å². The number of rotatable bonds is 5. The van der Waals surface area contributed by atoms with Crippen molar-refractivity contribution in [3.63, 3.8) is 0 Å². The topological polar surface area (TPSA) is 69.6 Å². The maximum atomic E-state index is 12.2. The van der Waals surface area contributed by atoms with E-state index >= 15 is 0 Å². The molecule has 0 bridgehead atoms. The second kappa shape index (κ2) is 7.22. The Morgan fingerprint density at radius 3 is 2.76 bits per heavy atom. The minimum absolute atomic E-state index is 0.00401. The predicted octanol–water partition coefficient (Wildman–Crippen LogP) is 1.18. The normalized spacial score (nSPS) is 19.3. The first-order valence-corrected chi connectivity index (χ1v) is 7.38. The van der Waals surface area contributed by atoms with Crippen molar-refractivity contribution in [3.8, 4) is 0 Å². The van der Waals surface area contributed by atoms with Gasteiger partial charge >= 0.3 is 0 Å². The first-order chi connectivity index (χ1) is 10.1. The van der Waals surface area contributed by atoms with Crippen molar-refractivity contribution in [3.05, 3.63) is 35.9 Å². The van der Waals surface area contributed by atoms with Crippen LogP contribution in [0.1, 0.15) is 36.5 Å². The van der Waals surface area contributed by atoms with Gasteiger partial charge in [-0.15, -0.1) is 0 Å². The molecule has 2 N–H and O–H groups in total. The molecule has 5 heteroatoms. The van der Waals surface area contributed by atoms with Crippen LogP contribution in [0.2, 0.25) is 0 Å². The van der Waals surface area contributed by atoms with Crippen molar-refractivity contribution < 1.29 is 14.7 Å². The Bertz CT molecular complexity index is 488. The van der Waals surface area contributed by atoms with E-state index in [4.69, 9.17) is 0 Å². The van der Waals surface area contributed by atoms with Crippen LogP contribution in [0.5, 0.6) is 0 Å². The third-order valence-electron chi connectivity index (χ3n) is 3.75. The maximum Gasteiger partial charge on any atom is 0.251 e. The zero-order valence-electron chi connectivity index (χ0n) is 12.3. The Kier molecular flexibility index (Phi) is 5.33. The summed E-state index contributed by atoms with van der Waals surface area (Å²) < 4.78 is 0. The fourth-order valence-corrected chi connectivity index (χ4v) is 2.75. The molecule has 0 aliphatic carbocycles. The highest BCUT2D eigenvalue weighted by Crippen LogP contribution is 2.21. The van der Waals surface area contributed by atoms with E-state index in [9.17, 15) is 14.7 Å². The van der Waals surface area contributed by atoms with Gasteiger partial charge in [0.1, 0.15) is 0 Å². The maximum absolute atomic E-state index is 12.2. The zero-order chi connectivity index (χ0) is 15.2. The monoisotopic (exact) mass is 290 g/mol. The molecule has 2 atom stereocenters. The molecule has 114 valence electrons. The molecular weight excluding hydrogens is 268 g/mol. The summed E-state index contributed by atoms with van der Waals surface area (Å²) in [6.07, 6.45) is 2.06. The second-order valence-electron chi connectivity index (χ2n) is 5.52. The summed E-state index contributed by atoms with van der Waals surface area (Å²) in [6, 6.07) is 8.93. The van der Waals surface area contributed by atoms with Crippen molar-refractivity contribution in [2.75, 3.05) is 13.1 Å². The molecule has 1 aliphatic heterocycles. The molecular formula is C16H22N2O3. The fraction of sp³-hybridized carbons (Fsp3) is 0.500. The minimum Gasteiger partial charge on any atom is -0.393 e. The summed E-state index contributed by atoms with van der Waals surface area (Å²) in [5.74, 6) is -0.322. The third-order valence-corrected chi connectivity index (χ3v) is 3.75. The van der Waals surface area contributed by atoms with Crippen LogP contribution in [0.25, 0.3) is 0 Å². The lowest BCUT2D eigenvalue weighted by Crippen LogP contribution is -2.43. The van der Waals surface area contributed by atoms with Gasteiger partial charge in [0.2, 0.25) is 5.91 Å². The van der Waals surface area contributed by atoms with Crippen molar-refractivity contribution in [2.24, 2.45) is 0 Å². The third kappa shape index (κ3) is 4.29. The lowest BCUT2D eigenvalue weighted by molar-refractivity contribution is -0.131. The van der Waals surface area contributed by atoms with E-state index in [0.29, 0.717) is 18.5 Å². The molecule has 0 saturated carbocycles. The summed E-state index contributed by atoms with van der Waals surface area (Å²) in [5, 5.41) is 12.1. The number of hydrogen-bond acceptors (Lipinski definition) is 3. The van der Waals surface area contributed by atoms with E-state index in [1.54, 1.807) is 36.1 Å². The quantitative estimate of drug-likeness (QED) is 0.855. The average Bonchev–Trinajstić information content (AvgIpc) is 2.92. The van der Waals surface area contributed by atoms with E-state index < -0.39 is 6.10 Å². The standard InChI is InChI=1S/C16H22N2O3/c1-12(19)10-14-8-5-9-18(14)15(20)11-17-16(21)13-6-3-2-4-7-13/h2-4,6-7,12,14,19H,5,8-11H2,1H3,(H,17,21). The number of aliphatic hydroxyl groups is 1. The number of nitrogens with zero attached hydrogens (tertiary/aromatic N) is 1. The lowest BCUT2D eigenvalue weighted by atomic mass is 10.1. The number of nitrogens with one attached hydrogen (secondary N) is 1. The molecule has 2 rings (SSSR count). The van der Waals surface area contributed by atoms with Crippen molar-refractivity contribution in [1.82, 2.24) is 10.2 Å². The molecule has 5 nitrogen and oxygen atoms in total. The molecule has 1 saturated heterocycles. The number of hydrogen-bond donors (Lipinski definition) is 2. The Morgan fingerprint density at radius 1 is 1.38 bits per heavy atom. The van der Waals surface area contributed by atoms with Gasteiger partial charge in [0.25, 0.3) is 5.91 Å². The van der Waals surface area contributed by atoms with Gasteiger partial charge in [0.05, 0.1) is 12.6 Å². The van der Waals surface area contributed by atoms with Gasteiger partial charge in [0, 0.05) is 18.2 Å². The van der Waals surface area contributed by atoms with Gasteiger partial charge in [-0.3, -0.25) is 9.59 Å². The molecule has 0 spiro atoms. The van der Waals surface area contributed by atoms with Crippen molar-refractivity contribution >= 4 is 11.8 Å². The summed E-state index contributed by atoms with van der Waals surface area (Å²) in [6.45, 7) is 2.44. The SMILES string of the molecule is CC(O)CC1CCCN1C(=O)CNC(=O)c1ccccc1. The molecule has 21 heavy (non-hydrogen) atoms. The largest absolute Gasteiger partial charge is 0.393 e. The first kappa shape index (κ1) is 15.5. The van der Waals surface area contributed by atoms with Crippen LogP contribution in [0.3, 0.4) is 0 Å². The van der Waals surface area contributed by atoms with Crippen molar-refractivity contribution in [2.45, 2.75) is 38.3 Å². The van der Waals surface area contributed by atoms with Crippen LogP contribution in [-0.4, -0.2) is 47.1 Å². The van der Waals surface area contributed by atoms with Crippen LogP contribution < -0.4 is 5.32 Å². The summed E-state index contributed by atoms with van der Waals surface area (Å²) in [5.41, 5.74) is 0.548. The van der Waals surface area contributed by atoms with Gasteiger partial charge < -0.3 is 15.3 Å². The van der Waals surface area contributed by atoms with E-state index in [-0.39, 0.29) is 24.4 Å². The summed E-state index contributed by atoms with van der Waals surface area (Å²) >= 11 is 0. The molecule has 2 unspecified atom stereocenters. The van der Waals surface area contributed by atoms with Gasteiger partial charge in [0.15, 0.2) is 0 Å². The average molecular weight is 290 g/mol. The molecule has 2 amide bonds. The second-order valence-corrected chi connectivity index (χ2v) is 5.52. The Morgan fingerprint density at radius 2 is 2.10 bits per heavy atom. The van der Waals surface area contributed by atoms with Gasteiger partial charge in [-0.2, -0.15) is 0 Å². The molecule has 0 aromatic heterocycles. The molecule has 1 aliphatic rings. The number of likely N-dealkylation sites (tertiary alicyclic amines) is 1. The van der Waals surface area contributed by atoms with Crippen LogP contribution in [0, 0.1) is 0 Å². The van der Waals surface area contributed by atoms with E-state index in [1.165, 1.54) is 0 Å². The smallest absolute Gasteiger partial charge is 0.251 e. The predicted molar refractivity (Wildman–Crippen MR) is 79.8 cm³/mol. The van der Waals surface area contributed by atoms with Crippen molar-refractivity contribution in [1.29, 1.82) is 0 Å². The van der Waals surface area contributed by atoms with Crippen LogP contribution in [-0.2, 0) is 4.79 Å². The number of amides is 2. The Hall–Kier alpha value is -1.88. The van der Waals surface area contributed by atoms with Crippen LogP contribution in [0.4, 0.5) is 0 Å². The summed E-state index contributed by atoms with van der Waals surface area (Å²) in [4.78, 5) is 25.9. The van der Waals surface area contributed by atoms with Gasteiger partial charge in [-0.25, -0.2) is 0 Å². The highest BCUT2D eigenvalue weighted by atomic mass is 16.3. The van der Waals surface area contributed by atoms with Crippen LogP contribution >= 0.6 is 0 Å². The molecule has 1 fully saturated rings. The lowest BCUT2D eigenvalue weighted by Gasteiger charge is -2.25. The van der Waals surface area contributed by atoms with Gasteiger partial charge in [-0.05, 0) is 38.3 Å². The van der Waals surface area contributed by atoms with E-state index in [1.807, 2.05) is 6.07 Å². The fourth-order valence-electron chi connectivity index (χ4n) is 2.75. The Labute approximate surface area is 125 Å². The molecule has 1 aromatic rings.